The van der Waals surface area contributed by atoms with Crippen LogP contribution in [0.4, 0.5) is 26.3 Å². The summed E-state index contributed by atoms with van der Waals surface area (Å²) < 4.78 is 88.4. The van der Waals surface area contributed by atoms with Crippen LogP contribution < -0.4 is 15.4 Å². The van der Waals surface area contributed by atoms with E-state index in [0.717, 1.165) is 48.5 Å². The second kappa shape index (κ2) is 10.8. The summed E-state index contributed by atoms with van der Waals surface area (Å²) in [6.07, 6.45) is -6.00. The Bertz CT molecular complexity index is 1000. The first kappa shape index (κ1) is 27.0. The number of nitriles is 1. The van der Waals surface area contributed by atoms with Gasteiger partial charge in [-0.3, -0.25) is 10.1 Å². The lowest BCUT2D eigenvalue weighted by atomic mass is 9.99. The summed E-state index contributed by atoms with van der Waals surface area (Å²) in [4.78, 5) is 12.6. The minimum atomic E-state index is -3.94. The molecule has 0 aromatic heterocycles. The predicted molar refractivity (Wildman–Crippen MR) is 111 cm³/mol. The fourth-order valence-corrected chi connectivity index (χ4v) is 2.91. The van der Waals surface area contributed by atoms with E-state index in [0.29, 0.717) is 0 Å². The van der Waals surface area contributed by atoms with Crippen LogP contribution in [0.5, 0.6) is 5.75 Å². The highest BCUT2D eigenvalue weighted by Gasteiger charge is 2.40. The summed E-state index contributed by atoms with van der Waals surface area (Å²) in [5.41, 5.74) is -1.37. The molecule has 0 bridgehead atoms. The molecule has 0 fully saturated rings. The molecule has 5 nitrogen and oxygen atoms in total. The number of ether oxygens (including phenoxy) is 1. The summed E-state index contributed by atoms with van der Waals surface area (Å²) in [5.74, 6) is -6.30. The average molecular weight is 487 g/mol. The zero-order valence-electron chi connectivity index (χ0n) is 18.3. The monoisotopic (exact) mass is 487 g/mol. The first-order valence-corrected chi connectivity index (χ1v) is 10.1. The van der Waals surface area contributed by atoms with Gasteiger partial charge in [0.25, 0.3) is 5.92 Å². The Balaban J connectivity index is 2.14. The Hall–Kier alpha value is -3.26. The van der Waals surface area contributed by atoms with Crippen molar-refractivity contribution in [2.45, 2.75) is 50.3 Å². The molecule has 0 radical (unpaired) electrons. The summed E-state index contributed by atoms with van der Waals surface area (Å²) in [7, 11) is 0. The smallest absolute Gasteiger partial charge is 0.410 e. The van der Waals surface area contributed by atoms with Gasteiger partial charge in [0.1, 0.15) is 29.5 Å². The molecular formula is C23H23F6N3O2. The minimum Gasteiger partial charge on any atom is -0.432 e. The quantitative estimate of drug-likeness (QED) is 0.455. The van der Waals surface area contributed by atoms with Crippen molar-refractivity contribution in [1.82, 2.24) is 10.6 Å². The molecule has 2 aromatic rings. The van der Waals surface area contributed by atoms with Crippen LogP contribution in [0.1, 0.15) is 25.8 Å². The van der Waals surface area contributed by atoms with Gasteiger partial charge in [0.05, 0.1) is 12.1 Å². The third-order valence-electron chi connectivity index (χ3n) is 4.55. The van der Waals surface area contributed by atoms with Gasteiger partial charge in [-0.2, -0.15) is 14.0 Å². The fourth-order valence-electron chi connectivity index (χ4n) is 2.91. The van der Waals surface area contributed by atoms with E-state index in [4.69, 9.17) is 5.26 Å². The number of nitrogens with one attached hydrogen (secondary N) is 2. The number of hydrogen-bond acceptors (Lipinski definition) is 4. The molecule has 1 amide bonds. The van der Waals surface area contributed by atoms with Crippen molar-refractivity contribution in [1.29, 1.82) is 5.26 Å². The third kappa shape index (κ3) is 8.94. The van der Waals surface area contributed by atoms with E-state index >= 15 is 0 Å². The Kier molecular flexibility index (Phi) is 8.56. The van der Waals surface area contributed by atoms with Gasteiger partial charge in [-0.1, -0.05) is 12.1 Å². The number of alkyl halides is 4. The minimum absolute atomic E-state index is 0.0767. The van der Waals surface area contributed by atoms with E-state index in [2.05, 4.69) is 15.4 Å². The number of hydrogen-bond donors (Lipinski definition) is 2. The molecule has 0 saturated heterocycles. The zero-order chi connectivity index (χ0) is 25.6. The van der Waals surface area contributed by atoms with Crippen molar-refractivity contribution < 1.29 is 35.9 Å². The zero-order valence-corrected chi connectivity index (χ0v) is 18.3. The van der Waals surface area contributed by atoms with Gasteiger partial charge in [-0.25, -0.2) is 17.6 Å². The normalized spacial score (nSPS) is 13.1. The molecule has 0 heterocycles. The van der Waals surface area contributed by atoms with E-state index in [1.165, 1.54) is 13.8 Å². The number of nitrogens with zero attached hydrogens (tertiary/aromatic N) is 1. The van der Waals surface area contributed by atoms with E-state index < -0.39 is 60.5 Å². The summed E-state index contributed by atoms with van der Waals surface area (Å²) >= 11 is 0. The van der Waals surface area contributed by atoms with Crippen LogP contribution in [0.15, 0.2) is 48.5 Å². The highest BCUT2D eigenvalue weighted by molar-refractivity contribution is 5.82. The van der Waals surface area contributed by atoms with Gasteiger partial charge in [0.15, 0.2) is 0 Å². The van der Waals surface area contributed by atoms with Gasteiger partial charge < -0.3 is 10.1 Å². The summed E-state index contributed by atoms with van der Waals surface area (Å²) in [6.45, 7) is 1.29. The summed E-state index contributed by atoms with van der Waals surface area (Å²) in [6, 6.07) is 7.93. The molecule has 2 rings (SSSR count). The van der Waals surface area contributed by atoms with Crippen LogP contribution >= 0.6 is 0 Å². The average Bonchev–Trinajstić information content (AvgIpc) is 2.74. The molecule has 0 aliphatic carbocycles. The van der Waals surface area contributed by atoms with Crippen molar-refractivity contribution >= 4 is 5.91 Å². The van der Waals surface area contributed by atoms with Crippen LogP contribution in [0.3, 0.4) is 0 Å². The molecule has 0 aliphatic heterocycles. The first-order chi connectivity index (χ1) is 15.7. The van der Waals surface area contributed by atoms with E-state index in [1.54, 1.807) is 6.07 Å². The Morgan fingerprint density at radius 3 is 2.06 bits per heavy atom. The van der Waals surface area contributed by atoms with Gasteiger partial charge in [-0.05, 0) is 55.8 Å². The van der Waals surface area contributed by atoms with Crippen molar-refractivity contribution in [3.63, 3.8) is 0 Å². The number of rotatable bonds is 11. The number of benzene rings is 2. The van der Waals surface area contributed by atoms with Crippen LogP contribution in [0.2, 0.25) is 0 Å². The van der Waals surface area contributed by atoms with Gasteiger partial charge >= 0.3 is 6.11 Å². The fraction of sp³-hybridized carbons (Fsp3) is 0.391. The maximum atomic E-state index is 14.7. The molecule has 0 saturated carbocycles. The van der Waals surface area contributed by atoms with Crippen molar-refractivity contribution in [2.75, 3.05) is 6.54 Å². The van der Waals surface area contributed by atoms with E-state index in [-0.39, 0.29) is 11.3 Å². The van der Waals surface area contributed by atoms with Gasteiger partial charge in [0.2, 0.25) is 5.91 Å². The Morgan fingerprint density at radius 2 is 1.53 bits per heavy atom. The second-order valence-corrected chi connectivity index (χ2v) is 8.22. The molecule has 0 aliphatic rings. The Labute approximate surface area is 192 Å². The van der Waals surface area contributed by atoms with Crippen molar-refractivity contribution in [3.05, 3.63) is 65.7 Å². The standard InChI is InChI=1S/C23H23F6N3O2/c1-21(2,13-30)32-20(33)19(12-22(26,27)11-15-3-5-16(24)6-4-15)31-14-23(28,29)34-18-9-7-17(25)8-10-18/h3-10,19,31H,11-12,14H2,1-2H3,(H,32,33). The van der Waals surface area contributed by atoms with Crippen molar-refractivity contribution in [3.8, 4) is 11.8 Å². The van der Waals surface area contributed by atoms with Crippen molar-refractivity contribution in [2.24, 2.45) is 0 Å². The number of halogens is 6. The van der Waals surface area contributed by atoms with E-state index in [1.807, 2.05) is 0 Å². The highest BCUT2D eigenvalue weighted by atomic mass is 19.3. The molecule has 34 heavy (non-hydrogen) atoms. The molecule has 1 unspecified atom stereocenters. The maximum Gasteiger partial charge on any atom is 0.410 e. The molecule has 0 spiro atoms. The molecule has 2 aromatic carbocycles. The predicted octanol–water partition coefficient (Wildman–Crippen LogP) is 4.58. The van der Waals surface area contributed by atoms with Crippen LogP contribution in [0, 0.1) is 23.0 Å². The lowest BCUT2D eigenvalue weighted by Crippen LogP contribution is -2.55. The lowest BCUT2D eigenvalue weighted by Gasteiger charge is -2.28. The topological polar surface area (TPSA) is 74.2 Å². The SMILES string of the molecule is CC(C)(C#N)NC(=O)C(CC(F)(F)Cc1ccc(F)cc1)NCC(F)(F)Oc1ccc(F)cc1. The Morgan fingerprint density at radius 1 is 1.00 bits per heavy atom. The number of amides is 1. The van der Waals surface area contributed by atoms with Crippen LogP contribution in [0.25, 0.3) is 0 Å². The molecule has 1 atom stereocenters. The second-order valence-electron chi connectivity index (χ2n) is 8.22. The molecule has 2 N–H and O–H groups in total. The van der Waals surface area contributed by atoms with Crippen LogP contribution in [-0.4, -0.2) is 36.1 Å². The lowest BCUT2D eigenvalue weighted by molar-refractivity contribution is -0.174. The molecular weight excluding hydrogens is 464 g/mol. The molecule has 184 valence electrons. The molecule has 11 heteroatoms. The number of carbonyl (C=O) groups excluding carboxylic acids is 1. The van der Waals surface area contributed by atoms with Gasteiger partial charge in [0, 0.05) is 12.8 Å². The maximum absolute atomic E-state index is 14.7. The first-order valence-electron chi connectivity index (χ1n) is 10.1. The number of carbonyl (C=O) groups is 1. The van der Waals surface area contributed by atoms with Crippen LogP contribution in [-0.2, 0) is 11.2 Å². The summed E-state index contributed by atoms with van der Waals surface area (Å²) in [5, 5.41) is 13.4. The highest BCUT2D eigenvalue weighted by Crippen LogP contribution is 2.27. The third-order valence-corrected chi connectivity index (χ3v) is 4.55. The largest absolute Gasteiger partial charge is 0.432 e. The van der Waals surface area contributed by atoms with E-state index in [9.17, 15) is 31.1 Å². The van der Waals surface area contributed by atoms with Gasteiger partial charge in [-0.15, -0.1) is 0 Å².